The summed E-state index contributed by atoms with van der Waals surface area (Å²) in [5.74, 6) is 1.93. The average molecular weight is 452 g/mol. The Morgan fingerprint density at radius 2 is 2.10 bits per heavy atom. The monoisotopic (exact) mass is 451 g/mol. The lowest BCUT2D eigenvalue weighted by Crippen LogP contribution is -2.32. The van der Waals surface area contributed by atoms with Crippen LogP contribution in [0.3, 0.4) is 0 Å². The van der Waals surface area contributed by atoms with E-state index in [1.54, 1.807) is 24.2 Å². The number of nitrogen functional groups attached to an aromatic ring is 1. The number of imidazole rings is 1. The zero-order valence-corrected chi connectivity index (χ0v) is 17.5. The van der Waals surface area contributed by atoms with Crippen molar-refractivity contribution in [3.05, 3.63) is 64.0 Å². The number of likely N-dealkylation sites (N-methyl/N-ethyl adjacent to an activating group) is 1. The van der Waals surface area contributed by atoms with Crippen molar-refractivity contribution < 1.29 is 9.53 Å². The quantitative estimate of drug-likeness (QED) is 0.501. The standard InChI is InChI=1S/C21H18BrN5O2/c1-11-24-9-17-20(23)25-15-6-3-12(7-16(15)27(11)17)21(28)26(2)18-10-29-19-8-13(22)4-5-14(18)19/h3-9,18H,10H2,1-2H3,(H2,23,25)/t18-/m1/s1. The summed E-state index contributed by atoms with van der Waals surface area (Å²) in [5.41, 5.74) is 9.89. The minimum atomic E-state index is -0.138. The number of fused-ring (bicyclic) bond motifs is 4. The number of nitrogens with zero attached hydrogens (tertiary/aromatic N) is 4. The van der Waals surface area contributed by atoms with E-state index in [2.05, 4.69) is 25.9 Å². The largest absolute Gasteiger partial charge is 0.491 e. The van der Waals surface area contributed by atoms with E-state index in [1.165, 1.54) is 0 Å². The maximum absolute atomic E-state index is 13.3. The molecule has 0 radical (unpaired) electrons. The van der Waals surface area contributed by atoms with Crippen LogP contribution in [0.2, 0.25) is 0 Å². The zero-order valence-electron chi connectivity index (χ0n) is 15.9. The minimum absolute atomic E-state index is 0.0842. The van der Waals surface area contributed by atoms with Crippen molar-refractivity contribution >= 4 is 44.2 Å². The fraction of sp³-hybridized carbons (Fsp3) is 0.190. The van der Waals surface area contributed by atoms with Crippen molar-refractivity contribution in [2.24, 2.45) is 0 Å². The third-order valence-electron chi connectivity index (χ3n) is 5.42. The summed E-state index contributed by atoms with van der Waals surface area (Å²) in [7, 11) is 1.80. The van der Waals surface area contributed by atoms with Crippen LogP contribution in [0.5, 0.6) is 5.75 Å². The molecule has 1 amide bonds. The molecule has 2 N–H and O–H groups in total. The summed E-state index contributed by atoms with van der Waals surface area (Å²) < 4.78 is 8.67. The van der Waals surface area contributed by atoms with Crippen molar-refractivity contribution in [1.82, 2.24) is 19.3 Å². The van der Waals surface area contributed by atoms with Gasteiger partial charge in [-0.05, 0) is 37.3 Å². The van der Waals surface area contributed by atoms with Gasteiger partial charge in [0.05, 0.1) is 23.3 Å². The van der Waals surface area contributed by atoms with Crippen LogP contribution in [0.25, 0.3) is 16.6 Å². The Bertz CT molecular complexity index is 1300. The molecular formula is C21H18BrN5O2. The smallest absolute Gasteiger partial charge is 0.254 e. The molecule has 2 aromatic heterocycles. The summed E-state index contributed by atoms with van der Waals surface area (Å²) in [6.45, 7) is 2.34. The molecule has 0 unspecified atom stereocenters. The molecule has 0 aliphatic carbocycles. The summed E-state index contributed by atoms with van der Waals surface area (Å²) in [6, 6.07) is 11.2. The van der Waals surface area contributed by atoms with Crippen molar-refractivity contribution in [1.29, 1.82) is 0 Å². The third kappa shape index (κ3) is 2.74. The van der Waals surface area contributed by atoms with Crippen LogP contribution in [0.15, 0.2) is 47.1 Å². The molecular weight excluding hydrogens is 434 g/mol. The van der Waals surface area contributed by atoms with Crippen LogP contribution in [0.4, 0.5) is 5.82 Å². The van der Waals surface area contributed by atoms with E-state index in [9.17, 15) is 4.79 Å². The summed E-state index contributed by atoms with van der Waals surface area (Å²) >= 11 is 3.45. The Hall–Kier alpha value is -3.13. The maximum atomic E-state index is 13.3. The number of anilines is 1. The molecule has 2 aromatic carbocycles. The summed E-state index contributed by atoms with van der Waals surface area (Å²) in [4.78, 5) is 23.8. The van der Waals surface area contributed by atoms with E-state index in [4.69, 9.17) is 10.5 Å². The molecule has 0 spiro atoms. The topological polar surface area (TPSA) is 85.8 Å². The van der Waals surface area contributed by atoms with Crippen LogP contribution < -0.4 is 10.5 Å². The lowest BCUT2D eigenvalue weighted by Gasteiger charge is -2.24. The molecule has 1 atom stereocenters. The fourth-order valence-electron chi connectivity index (χ4n) is 3.88. The highest BCUT2D eigenvalue weighted by molar-refractivity contribution is 9.10. The molecule has 1 aliphatic heterocycles. The van der Waals surface area contributed by atoms with Gasteiger partial charge >= 0.3 is 0 Å². The van der Waals surface area contributed by atoms with Gasteiger partial charge in [0.2, 0.25) is 0 Å². The highest BCUT2D eigenvalue weighted by Crippen LogP contribution is 2.38. The number of benzene rings is 2. The van der Waals surface area contributed by atoms with Crippen molar-refractivity contribution in [2.45, 2.75) is 13.0 Å². The maximum Gasteiger partial charge on any atom is 0.254 e. The Morgan fingerprint density at radius 1 is 1.28 bits per heavy atom. The Morgan fingerprint density at radius 3 is 2.93 bits per heavy atom. The number of amides is 1. The van der Waals surface area contributed by atoms with Gasteiger partial charge in [-0.3, -0.25) is 9.20 Å². The van der Waals surface area contributed by atoms with Gasteiger partial charge in [0.15, 0.2) is 0 Å². The van der Waals surface area contributed by atoms with Gasteiger partial charge in [-0.25, -0.2) is 9.97 Å². The van der Waals surface area contributed by atoms with E-state index in [0.717, 1.165) is 38.2 Å². The first-order valence-corrected chi connectivity index (χ1v) is 9.96. The summed E-state index contributed by atoms with van der Waals surface area (Å²) in [6.07, 6.45) is 1.70. The molecule has 0 bridgehead atoms. The zero-order chi connectivity index (χ0) is 20.3. The second kappa shape index (κ2) is 6.45. The highest BCUT2D eigenvalue weighted by Gasteiger charge is 2.31. The van der Waals surface area contributed by atoms with Crippen molar-refractivity contribution in [3.63, 3.8) is 0 Å². The Labute approximate surface area is 175 Å². The number of hydrogen-bond donors (Lipinski definition) is 1. The molecule has 5 rings (SSSR count). The predicted octanol–water partition coefficient (Wildman–Crippen LogP) is 3.74. The van der Waals surface area contributed by atoms with Crippen molar-refractivity contribution in [2.75, 3.05) is 19.4 Å². The van der Waals surface area contributed by atoms with E-state index >= 15 is 0 Å². The number of nitrogens with two attached hydrogens (primary N) is 1. The van der Waals surface area contributed by atoms with E-state index < -0.39 is 0 Å². The van der Waals surface area contributed by atoms with E-state index in [-0.39, 0.29) is 11.9 Å². The lowest BCUT2D eigenvalue weighted by atomic mass is 10.1. The first kappa shape index (κ1) is 17.9. The Balaban J connectivity index is 1.56. The molecule has 1 aliphatic rings. The first-order valence-electron chi connectivity index (χ1n) is 9.17. The molecule has 4 aromatic rings. The predicted molar refractivity (Wildman–Crippen MR) is 114 cm³/mol. The third-order valence-corrected chi connectivity index (χ3v) is 5.92. The minimum Gasteiger partial charge on any atom is -0.491 e. The molecule has 0 saturated carbocycles. The number of carbonyl (C=O) groups excluding carboxylic acids is 1. The van der Waals surface area contributed by atoms with Crippen LogP contribution in [-0.2, 0) is 0 Å². The summed E-state index contributed by atoms with van der Waals surface area (Å²) in [5, 5.41) is 0. The number of carbonyl (C=O) groups is 1. The number of ether oxygens (including phenoxy) is 1. The number of aryl methyl sites for hydroxylation is 1. The molecule has 0 saturated heterocycles. The number of aromatic nitrogens is 3. The van der Waals surface area contributed by atoms with Gasteiger partial charge in [-0.15, -0.1) is 0 Å². The van der Waals surface area contributed by atoms with Crippen LogP contribution in [0.1, 0.15) is 27.8 Å². The Kier molecular flexibility index (Phi) is 3.99. The van der Waals surface area contributed by atoms with E-state index in [1.807, 2.05) is 41.7 Å². The number of rotatable bonds is 2. The molecule has 7 nitrogen and oxygen atoms in total. The second-order valence-corrected chi connectivity index (χ2v) is 8.07. The van der Waals surface area contributed by atoms with Gasteiger partial charge in [0, 0.05) is 22.6 Å². The lowest BCUT2D eigenvalue weighted by molar-refractivity contribution is 0.0708. The number of halogens is 1. The first-order chi connectivity index (χ1) is 13.9. The second-order valence-electron chi connectivity index (χ2n) is 7.15. The van der Waals surface area contributed by atoms with Gasteiger partial charge < -0.3 is 15.4 Å². The van der Waals surface area contributed by atoms with Crippen LogP contribution >= 0.6 is 15.9 Å². The highest BCUT2D eigenvalue weighted by atomic mass is 79.9. The average Bonchev–Trinajstić information content (AvgIpc) is 3.30. The molecule has 29 heavy (non-hydrogen) atoms. The molecule has 146 valence electrons. The van der Waals surface area contributed by atoms with Gasteiger partial charge in [-0.1, -0.05) is 22.0 Å². The van der Waals surface area contributed by atoms with Gasteiger partial charge in [0.25, 0.3) is 5.91 Å². The van der Waals surface area contributed by atoms with Crippen molar-refractivity contribution in [3.8, 4) is 5.75 Å². The van der Waals surface area contributed by atoms with Crippen LogP contribution in [-0.4, -0.2) is 38.8 Å². The normalized spacial score (nSPS) is 15.5. The SMILES string of the molecule is Cc1ncc2c(N)nc3ccc(C(=O)N(C)[C@@H]4COc5cc(Br)ccc54)cc3n12. The van der Waals surface area contributed by atoms with Gasteiger partial charge in [-0.2, -0.15) is 0 Å². The number of hydrogen-bond acceptors (Lipinski definition) is 5. The fourth-order valence-corrected chi connectivity index (χ4v) is 4.22. The van der Waals surface area contributed by atoms with Gasteiger partial charge in [0.1, 0.15) is 29.5 Å². The molecule has 8 heteroatoms. The molecule has 0 fully saturated rings. The molecule has 3 heterocycles. The van der Waals surface area contributed by atoms with E-state index in [0.29, 0.717) is 18.0 Å². The van der Waals surface area contributed by atoms with Crippen LogP contribution in [0, 0.1) is 6.92 Å².